The molecule has 1 amide bonds. The summed E-state index contributed by atoms with van der Waals surface area (Å²) >= 11 is 1.70. The van der Waals surface area contributed by atoms with E-state index in [2.05, 4.69) is 16.8 Å². The van der Waals surface area contributed by atoms with Crippen LogP contribution >= 0.6 is 11.3 Å². The molecule has 2 fully saturated rings. The van der Waals surface area contributed by atoms with Gasteiger partial charge in [-0.3, -0.25) is 9.69 Å². The molecule has 1 saturated heterocycles. The Labute approximate surface area is 130 Å². The SMILES string of the molecule is CC(c1nccs1)N1CCN(C(=O)C(N)C2CCC2)CC1. The summed E-state index contributed by atoms with van der Waals surface area (Å²) in [4.78, 5) is 21.2. The van der Waals surface area contributed by atoms with Crippen molar-refractivity contribution in [1.82, 2.24) is 14.8 Å². The molecule has 2 atom stereocenters. The molecular weight excluding hydrogens is 284 g/mol. The van der Waals surface area contributed by atoms with Crippen LogP contribution in [-0.4, -0.2) is 52.9 Å². The molecule has 0 bridgehead atoms. The van der Waals surface area contributed by atoms with Gasteiger partial charge in [0.05, 0.1) is 12.1 Å². The van der Waals surface area contributed by atoms with Gasteiger partial charge in [-0.15, -0.1) is 11.3 Å². The summed E-state index contributed by atoms with van der Waals surface area (Å²) in [6, 6.07) is 0.0595. The number of piperazine rings is 1. The highest BCUT2D eigenvalue weighted by Gasteiger charge is 2.34. The molecule has 0 radical (unpaired) electrons. The zero-order valence-corrected chi connectivity index (χ0v) is 13.4. The molecule has 116 valence electrons. The van der Waals surface area contributed by atoms with Crippen molar-refractivity contribution in [3.63, 3.8) is 0 Å². The third-order valence-electron chi connectivity index (χ3n) is 4.93. The second-order valence-corrected chi connectivity index (χ2v) is 7.05. The first-order valence-corrected chi connectivity index (χ1v) is 8.72. The number of rotatable bonds is 4. The van der Waals surface area contributed by atoms with Crippen LogP contribution < -0.4 is 5.73 Å². The first kappa shape index (κ1) is 14.9. The van der Waals surface area contributed by atoms with Crippen LogP contribution in [0.4, 0.5) is 0 Å². The molecule has 1 aliphatic heterocycles. The second-order valence-electron chi connectivity index (χ2n) is 6.12. The van der Waals surface area contributed by atoms with Crippen molar-refractivity contribution in [3.05, 3.63) is 16.6 Å². The Morgan fingerprint density at radius 3 is 2.62 bits per heavy atom. The van der Waals surface area contributed by atoms with Gasteiger partial charge in [0.2, 0.25) is 5.91 Å². The molecule has 5 nitrogen and oxygen atoms in total. The van der Waals surface area contributed by atoms with E-state index in [9.17, 15) is 4.79 Å². The second kappa shape index (κ2) is 6.42. The Balaban J connectivity index is 1.51. The number of nitrogens with two attached hydrogens (primary N) is 1. The van der Waals surface area contributed by atoms with Crippen molar-refractivity contribution < 1.29 is 4.79 Å². The van der Waals surface area contributed by atoms with Crippen molar-refractivity contribution in [2.24, 2.45) is 11.7 Å². The van der Waals surface area contributed by atoms with E-state index in [-0.39, 0.29) is 11.9 Å². The largest absolute Gasteiger partial charge is 0.339 e. The fraction of sp³-hybridized carbons (Fsp3) is 0.733. The van der Waals surface area contributed by atoms with E-state index in [0.717, 1.165) is 44.0 Å². The number of hydrogen-bond acceptors (Lipinski definition) is 5. The van der Waals surface area contributed by atoms with Gasteiger partial charge in [-0.2, -0.15) is 0 Å². The van der Waals surface area contributed by atoms with Crippen molar-refractivity contribution in [1.29, 1.82) is 0 Å². The van der Waals surface area contributed by atoms with E-state index in [0.29, 0.717) is 12.0 Å². The van der Waals surface area contributed by atoms with Gasteiger partial charge in [-0.05, 0) is 25.7 Å². The van der Waals surface area contributed by atoms with Crippen LogP contribution in [0.25, 0.3) is 0 Å². The maximum atomic E-state index is 12.4. The number of carbonyl (C=O) groups is 1. The third kappa shape index (κ3) is 3.12. The summed E-state index contributed by atoms with van der Waals surface area (Å²) in [5.41, 5.74) is 6.11. The lowest BCUT2D eigenvalue weighted by atomic mass is 9.79. The third-order valence-corrected chi connectivity index (χ3v) is 5.87. The topological polar surface area (TPSA) is 62.5 Å². The maximum absolute atomic E-state index is 12.4. The van der Waals surface area contributed by atoms with E-state index in [4.69, 9.17) is 5.73 Å². The molecule has 2 N–H and O–H groups in total. The lowest BCUT2D eigenvalue weighted by Crippen LogP contribution is -2.55. The van der Waals surface area contributed by atoms with E-state index in [1.54, 1.807) is 11.3 Å². The highest BCUT2D eigenvalue weighted by Crippen LogP contribution is 2.30. The van der Waals surface area contributed by atoms with Gasteiger partial charge in [0.15, 0.2) is 0 Å². The average Bonchev–Trinajstić information content (AvgIpc) is 2.98. The van der Waals surface area contributed by atoms with Gasteiger partial charge in [0.25, 0.3) is 0 Å². The molecule has 2 aliphatic rings. The monoisotopic (exact) mass is 308 g/mol. The Morgan fingerprint density at radius 2 is 2.10 bits per heavy atom. The zero-order valence-electron chi connectivity index (χ0n) is 12.6. The normalized spacial score (nSPS) is 23.6. The summed E-state index contributed by atoms with van der Waals surface area (Å²) in [6.45, 7) is 5.58. The van der Waals surface area contributed by atoms with Gasteiger partial charge in [-0.25, -0.2) is 4.98 Å². The molecular formula is C15H24N4OS. The summed E-state index contributed by atoms with van der Waals surface area (Å²) in [5, 5.41) is 3.17. The van der Waals surface area contributed by atoms with Crippen LogP contribution in [0.1, 0.15) is 37.2 Å². The Morgan fingerprint density at radius 1 is 1.38 bits per heavy atom. The Kier molecular flexibility index (Phi) is 4.57. The fourth-order valence-corrected chi connectivity index (χ4v) is 3.87. The van der Waals surface area contributed by atoms with E-state index < -0.39 is 0 Å². The number of amides is 1. The number of aromatic nitrogens is 1. The molecule has 1 aliphatic carbocycles. The number of thiazole rings is 1. The van der Waals surface area contributed by atoms with Crippen LogP contribution in [0.2, 0.25) is 0 Å². The molecule has 1 aromatic heterocycles. The number of carbonyl (C=O) groups excluding carboxylic acids is 1. The lowest BCUT2D eigenvalue weighted by Gasteiger charge is -2.40. The maximum Gasteiger partial charge on any atom is 0.239 e. The van der Waals surface area contributed by atoms with Gasteiger partial charge >= 0.3 is 0 Å². The predicted octanol–water partition coefficient (Wildman–Crippen LogP) is 1.48. The van der Waals surface area contributed by atoms with Gasteiger partial charge in [0, 0.05) is 37.8 Å². The minimum atomic E-state index is -0.276. The molecule has 0 aromatic carbocycles. The number of nitrogens with zero attached hydrogens (tertiary/aromatic N) is 3. The highest BCUT2D eigenvalue weighted by atomic mass is 32.1. The van der Waals surface area contributed by atoms with Crippen molar-refractivity contribution in [2.45, 2.75) is 38.3 Å². The van der Waals surface area contributed by atoms with Gasteiger partial charge < -0.3 is 10.6 Å². The van der Waals surface area contributed by atoms with Crippen molar-refractivity contribution >= 4 is 17.2 Å². The standard InChI is InChI=1S/C15H24N4OS/c1-11(14-17-5-10-21-14)18-6-8-19(9-7-18)15(20)13(16)12-3-2-4-12/h5,10-13H,2-4,6-9,16H2,1H3. The number of hydrogen-bond donors (Lipinski definition) is 1. The Hall–Kier alpha value is -0.980. The summed E-state index contributed by atoms with van der Waals surface area (Å²) in [6.07, 6.45) is 5.32. The molecule has 2 heterocycles. The van der Waals surface area contributed by atoms with Gasteiger partial charge in [0.1, 0.15) is 5.01 Å². The minimum absolute atomic E-state index is 0.154. The first-order valence-electron chi connectivity index (χ1n) is 7.84. The predicted molar refractivity (Wildman–Crippen MR) is 84.0 cm³/mol. The molecule has 1 aromatic rings. The van der Waals surface area contributed by atoms with Crippen molar-refractivity contribution in [3.8, 4) is 0 Å². The Bertz CT molecular complexity index is 466. The highest BCUT2D eigenvalue weighted by molar-refractivity contribution is 7.09. The summed E-state index contributed by atoms with van der Waals surface area (Å²) in [5.74, 6) is 0.575. The van der Waals surface area contributed by atoms with Crippen LogP contribution in [0.3, 0.4) is 0 Å². The summed E-state index contributed by atoms with van der Waals surface area (Å²) in [7, 11) is 0. The average molecular weight is 308 g/mol. The van der Waals surface area contributed by atoms with Crippen LogP contribution in [-0.2, 0) is 4.79 Å². The molecule has 0 spiro atoms. The smallest absolute Gasteiger partial charge is 0.239 e. The molecule has 6 heteroatoms. The first-order chi connectivity index (χ1) is 10.2. The van der Waals surface area contributed by atoms with Crippen LogP contribution in [0, 0.1) is 5.92 Å². The molecule has 2 unspecified atom stereocenters. The fourth-order valence-electron chi connectivity index (χ4n) is 3.14. The quantitative estimate of drug-likeness (QED) is 0.915. The van der Waals surface area contributed by atoms with E-state index in [1.807, 2.05) is 16.5 Å². The van der Waals surface area contributed by atoms with Crippen molar-refractivity contribution in [2.75, 3.05) is 26.2 Å². The summed E-state index contributed by atoms with van der Waals surface area (Å²) < 4.78 is 0. The van der Waals surface area contributed by atoms with E-state index >= 15 is 0 Å². The zero-order chi connectivity index (χ0) is 14.8. The van der Waals surface area contributed by atoms with Crippen LogP contribution in [0.15, 0.2) is 11.6 Å². The van der Waals surface area contributed by atoms with Gasteiger partial charge in [-0.1, -0.05) is 6.42 Å². The molecule has 3 rings (SSSR count). The molecule has 21 heavy (non-hydrogen) atoms. The lowest BCUT2D eigenvalue weighted by molar-refractivity contribution is -0.136. The minimum Gasteiger partial charge on any atom is -0.339 e. The molecule has 1 saturated carbocycles. The van der Waals surface area contributed by atoms with Crippen LogP contribution in [0.5, 0.6) is 0 Å². The van der Waals surface area contributed by atoms with E-state index in [1.165, 1.54) is 6.42 Å².